The maximum Gasteiger partial charge on any atom is 0.509 e. The minimum Gasteiger partial charge on any atom is -0.507 e. The predicted octanol–water partition coefficient (Wildman–Crippen LogP) is 7.01. The van der Waals surface area contributed by atoms with Crippen molar-refractivity contribution in [1.82, 2.24) is 14.7 Å². The normalized spacial score (nSPS) is 21.4. The van der Waals surface area contributed by atoms with E-state index in [0.29, 0.717) is 54.8 Å². The molecular weight excluding hydrogens is 650 g/mol. The highest BCUT2D eigenvalue weighted by molar-refractivity contribution is 6.33. The van der Waals surface area contributed by atoms with Gasteiger partial charge in [0.25, 0.3) is 0 Å². The fraction of sp³-hybridized carbons (Fsp3) is 0.541. The van der Waals surface area contributed by atoms with Crippen LogP contribution in [0.1, 0.15) is 70.8 Å². The van der Waals surface area contributed by atoms with Gasteiger partial charge in [-0.2, -0.15) is 0 Å². The largest absolute Gasteiger partial charge is 0.509 e. The van der Waals surface area contributed by atoms with Crippen LogP contribution in [-0.4, -0.2) is 96.1 Å². The van der Waals surface area contributed by atoms with Gasteiger partial charge in [-0.15, -0.1) is 0 Å². The molecule has 0 bridgehead atoms. The second kappa shape index (κ2) is 14.6. The summed E-state index contributed by atoms with van der Waals surface area (Å²) in [6, 6.07) is 9.98. The number of fused-ring (bicyclic) bond motifs is 1. The van der Waals surface area contributed by atoms with Crippen LogP contribution in [0.5, 0.6) is 11.5 Å². The van der Waals surface area contributed by atoms with Crippen molar-refractivity contribution in [3.8, 4) is 22.8 Å². The maximum absolute atomic E-state index is 13.8. The molecule has 3 fully saturated rings. The first-order valence-corrected chi connectivity index (χ1v) is 17.6. The third-order valence-electron chi connectivity index (χ3n) is 9.72. The van der Waals surface area contributed by atoms with E-state index in [-0.39, 0.29) is 28.2 Å². The number of rotatable bonds is 5. The van der Waals surface area contributed by atoms with E-state index < -0.39 is 35.3 Å². The first-order chi connectivity index (χ1) is 23.4. The van der Waals surface area contributed by atoms with Crippen molar-refractivity contribution < 1.29 is 33.3 Å². The van der Waals surface area contributed by atoms with Gasteiger partial charge in [-0.25, -0.2) is 9.59 Å². The number of likely N-dealkylation sites (N-methyl/N-ethyl adjacent to an activating group) is 1. The van der Waals surface area contributed by atoms with E-state index >= 15 is 0 Å². The molecule has 11 nitrogen and oxygen atoms in total. The first-order valence-electron chi connectivity index (χ1n) is 17.3. The molecule has 2 atom stereocenters. The monoisotopic (exact) mass is 695 g/mol. The molecule has 1 aromatic heterocycles. The predicted molar refractivity (Wildman–Crippen MR) is 187 cm³/mol. The van der Waals surface area contributed by atoms with Gasteiger partial charge in [-0.3, -0.25) is 4.79 Å². The van der Waals surface area contributed by atoms with Crippen molar-refractivity contribution in [3.63, 3.8) is 0 Å². The molecule has 0 radical (unpaired) electrons. The second-order valence-corrected chi connectivity index (χ2v) is 14.8. The number of amides is 1. The summed E-state index contributed by atoms with van der Waals surface area (Å²) >= 11 is 6.51. The molecule has 3 saturated heterocycles. The lowest BCUT2D eigenvalue weighted by Crippen LogP contribution is -2.48. The Labute approximate surface area is 291 Å². The van der Waals surface area contributed by atoms with Crippen LogP contribution in [0.4, 0.5) is 9.59 Å². The van der Waals surface area contributed by atoms with Crippen LogP contribution < -0.4 is 10.2 Å². The molecule has 6 rings (SSSR count). The SMILES string of the molecule is CN1CC[C@H](c2c(OC(=O)N3CCC(N4CCCCC4)CC3)cc(O)c3c(=O)cc(-c4ccccc4Cl)oc23)[C@H](OC(=O)OC(C)(C)C)C1. The summed E-state index contributed by atoms with van der Waals surface area (Å²) in [5.41, 5.74) is -0.391. The third kappa shape index (κ3) is 8.00. The van der Waals surface area contributed by atoms with Crippen LogP contribution in [0.2, 0.25) is 5.02 Å². The Morgan fingerprint density at radius 2 is 1.69 bits per heavy atom. The summed E-state index contributed by atoms with van der Waals surface area (Å²) in [6.45, 7) is 9.50. The number of carbonyl (C=O) groups excluding carboxylic acids is 2. The number of piperidine rings is 3. The fourth-order valence-electron chi connectivity index (χ4n) is 7.32. The van der Waals surface area contributed by atoms with E-state index in [1.54, 1.807) is 49.9 Å². The molecular formula is C37H46ClN3O8. The van der Waals surface area contributed by atoms with E-state index in [1.807, 2.05) is 11.9 Å². The van der Waals surface area contributed by atoms with Gasteiger partial charge in [0.15, 0.2) is 5.43 Å². The van der Waals surface area contributed by atoms with Crippen LogP contribution in [0, 0.1) is 0 Å². The van der Waals surface area contributed by atoms with Crippen molar-refractivity contribution >= 4 is 34.8 Å². The first kappa shape index (κ1) is 35.0. The standard InChI is InChI=1S/C37H46ClN3O8/c1-37(2,3)49-36(45)48-31-22-39(4)17-14-25(31)32-30(47-35(44)41-18-12-23(13-19-41)40-15-8-5-9-16-40)21-28(43)33-27(42)20-29(46-34(32)33)24-10-6-7-11-26(24)38/h6-7,10-11,20-21,23,25,31,43H,5,8-9,12-19,22H2,1-4H3/t25-,31+/m0/s1. The lowest BCUT2D eigenvalue weighted by Gasteiger charge is -2.40. The van der Waals surface area contributed by atoms with Gasteiger partial charge >= 0.3 is 12.2 Å². The molecule has 0 saturated carbocycles. The number of hydrogen-bond donors (Lipinski definition) is 1. The molecule has 1 amide bonds. The fourth-order valence-corrected chi connectivity index (χ4v) is 7.54. The van der Waals surface area contributed by atoms with Crippen molar-refractivity contribution in [2.45, 2.75) is 83.0 Å². The minimum absolute atomic E-state index is 0.0416. The summed E-state index contributed by atoms with van der Waals surface area (Å²) in [7, 11) is 1.92. The number of benzene rings is 2. The van der Waals surface area contributed by atoms with Gasteiger partial charge in [0, 0.05) is 54.9 Å². The van der Waals surface area contributed by atoms with Crippen molar-refractivity contribution in [2.24, 2.45) is 0 Å². The third-order valence-corrected chi connectivity index (χ3v) is 10.0. The zero-order valence-corrected chi connectivity index (χ0v) is 29.5. The minimum atomic E-state index is -0.839. The molecule has 3 aliphatic rings. The lowest BCUT2D eigenvalue weighted by atomic mass is 9.85. The molecule has 4 heterocycles. The number of hydrogen-bond acceptors (Lipinski definition) is 10. The smallest absolute Gasteiger partial charge is 0.507 e. The second-order valence-electron chi connectivity index (χ2n) is 14.4. The molecule has 3 aliphatic heterocycles. The van der Waals surface area contributed by atoms with Gasteiger partial charge < -0.3 is 38.4 Å². The number of halogens is 1. The summed E-state index contributed by atoms with van der Waals surface area (Å²) in [4.78, 5) is 46.7. The van der Waals surface area contributed by atoms with Gasteiger partial charge in [0.2, 0.25) is 0 Å². The number of ether oxygens (including phenoxy) is 3. The summed E-state index contributed by atoms with van der Waals surface area (Å²) in [5.74, 6) is -0.740. The highest BCUT2D eigenvalue weighted by Gasteiger charge is 2.39. The number of phenolic OH excluding ortho intramolecular Hbond substituents is 1. The number of carbonyl (C=O) groups is 2. The van der Waals surface area contributed by atoms with E-state index in [1.165, 1.54) is 31.4 Å². The molecule has 264 valence electrons. The Morgan fingerprint density at radius 3 is 2.39 bits per heavy atom. The number of nitrogens with zero attached hydrogens (tertiary/aromatic N) is 3. The Hall–Kier alpha value is -3.80. The number of aromatic hydroxyl groups is 1. The van der Waals surface area contributed by atoms with E-state index in [2.05, 4.69) is 4.90 Å². The zero-order chi connectivity index (χ0) is 34.9. The van der Waals surface area contributed by atoms with Crippen molar-refractivity contribution in [1.29, 1.82) is 0 Å². The summed E-state index contributed by atoms with van der Waals surface area (Å²) in [5, 5.41) is 11.6. The maximum atomic E-state index is 13.8. The quantitative estimate of drug-likeness (QED) is 0.279. The molecule has 1 N–H and O–H groups in total. The lowest BCUT2D eigenvalue weighted by molar-refractivity contribution is -0.0461. The molecule has 0 aliphatic carbocycles. The molecule has 3 aromatic rings. The Bertz CT molecular complexity index is 1740. The van der Waals surface area contributed by atoms with Crippen LogP contribution in [-0.2, 0) is 9.47 Å². The van der Waals surface area contributed by atoms with Crippen LogP contribution in [0.3, 0.4) is 0 Å². The highest BCUT2D eigenvalue weighted by atomic mass is 35.5. The Kier molecular flexibility index (Phi) is 10.4. The molecule has 12 heteroatoms. The van der Waals surface area contributed by atoms with Gasteiger partial charge in [0.05, 0.1) is 5.02 Å². The van der Waals surface area contributed by atoms with Gasteiger partial charge in [0.1, 0.15) is 39.9 Å². The Morgan fingerprint density at radius 1 is 0.980 bits per heavy atom. The topological polar surface area (TPSA) is 122 Å². The van der Waals surface area contributed by atoms with Crippen LogP contribution in [0.25, 0.3) is 22.3 Å². The van der Waals surface area contributed by atoms with Gasteiger partial charge in [-0.05, 0) is 91.7 Å². The van der Waals surface area contributed by atoms with Crippen LogP contribution >= 0.6 is 11.6 Å². The molecule has 0 unspecified atom stereocenters. The highest BCUT2D eigenvalue weighted by Crippen LogP contribution is 2.44. The Balaban J connectivity index is 1.40. The molecule has 49 heavy (non-hydrogen) atoms. The number of likely N-dealkylation sites (tertiary alicyclic amines) is 3. The average molecular weight is 696 g/mol. The van der Waals surface area contributed by atoms with E-state index in [4.69, 9.17) is 30.2 Å². The molecule has 0 spiro atoms. The van der Waals surface area contributed by atoms with Crippen molar-refractivity contribution in [2.75, 3.05) is 46.3 Å². The molecule has 2 aromatic carbocycles. The van der Waals surface area contributed by atoms with Gasteiger partial charge in [-0.1, -0.05) is 30.2 Å². The summed E-state index contributed by atoms with van der Waals surface area (Å²) in [6.07, 6.45) is 3.70. The van der Waals surface area contributed by atoms with Crippen molar-refractivity contribution in [3.05, 3.63) is 57.2 Å². The summed E-state index contributed by atoms with van der Waals surface area (Å²) < 4.78 is 24.0. The van der Waals surface area contributed by atoms with E-state index in [9.17, 15) is 19.5 Å². The zero-order valence-electron chi connectivity index (χ0n) is 28.7. The number of phenols is 1. The van der Waals surface area contributed by atoms with Crippen LogP contribution in [0.15, 0.2) is 45.6 Å². The average Bonchev–Trinajstić information content (AvgIpc) is 3.05. The van der Waals surface area contributed by atoms with E-state index in [0.717, 1.165) is 25.9 Å².